The van der Waals surface area contributed by atoms with Gasteiger partial charge >= 0.3 is 0 Å². The van der Waals surface area contributed by atoms with Gasteiger partial charge in [-0.15, -0.1) is 11.3 Å². The van der Waals surface area contributed by atoms with Gasteiger partial charge < -0.3 is 9.32 Å². The normalized spacial score (nSPS) is 13.3. The van der Waals surface area contributed by atoms with Crippen LogP contribution in [0.1, 0.15) is 22.3 Å². The molecule has 0 unspecified atom stereocenters. The number of para-hydroxylation sites is 2. The number of fused-ring (bicyclic) bond motifs is 17. The van der Waals surface area contributed by atoms with Crippen molar-refractivity contribution in [3.05, 3.63) is 222 Å². The third-order valence-electron chi connectivity index (χ3n) is 12.7. The molecule has 0 N–H and O–H groups in total. The average Bonchev–Trinajstić information content (AvgIpc) is 4.02. The van der Waals surface area contributed by atoms with E-state index in [0.29, 0.717) is 0 Å². The highest BCUT2D eigenvalue weighted by Gasteiger charge is 2.51. The molecular formula is C55H33NOS. The van der Waals surface area contributed by atoms with Crippen molar-refractivity contribution in [3.63, 3.8) is 0 Å². The van der Waals surface area contributed by atoms with Gasteiger partial charge in [-0.2, -0.15) is 0 Å². The van der Waals surface area contributed by atoms with Crippen LogP contribution in [-0.4, -0.2) is 0 Å². The van der Waals surface area contributed by atoms with E-state index in [0.717, 1.165) is 39.0 Å². The summed E-state index contributed by atoms with van der Waals surface area (Å²) in [6.45, 7) is 0. The second-order valence-electron chi connectivity index (χ2n) is 15.5. The van der Waals surface area contributed by atoms with Crippen molar-refractivity contribution in [2.45, 2.75) is 5.41 Å². The van der Waals surface area contributed by atoms with E-state index in [9.17, 15) is 0 Å². The fraction of sp³-hybridized carbons (Fsp3) is 0.0182. The highest BCUT2D eigenvalue weighted by molar-refractivity contribution is 7.26. The standard InChI is InChI=1S/C55H33NOS/c1-2-15-35(16-3-1)56(37-28-29-42-41-20-6-10-25-47(41)55(48(42)33-37)45-23-8-4-18-39(45)40-19-5-9-24-46(40)55)36-17-12-14-34(32-36)38-22-13-27-50-52(38)53-51(58-50)31-30-44-43-21-7-11-26-49(43)57-54(44)53/h1-33H. The van der Waals surface area contributed by atoms with Crippen LogP contribution in [0.4, 0.5) is 17.1 Å². The molecule has 0 fully saturated rings. The molecule has 2 nitrogen and oxygen atoms in total. The maximum atomic E-state index is 6.64. The van der Waals surface area contributed by atoms with Crippen LogP contribution in [0.25, 0.3) is 75.5 Å². The lowest BCUT2D eigenvalue weighted by molar-refractivity contribution is 0.673. The highest BCUT2D eigenvalue weighted by Crippen LogP contribution is 2.63. The van der Waals surface area contributed by atoms with Crippen LogP contribution in [0.5, 0.6) is 0 Å². The summed E-state index contributed by atoms with van der Waals surface area (Å²) in [5.74, 6) is 0. The summed E-state index contributed by atoms with van der Waals surface area (Å²) in [5, 5.41) is 4.74. The first kappa shape index (κ1) is 31.9. The molecule has 13 rings (SSSR count). The lowest BCUT2D eigenvalue weighted by Crippen LogP contribution is -2.26. The van der Waals surface area contributed by atoms with Crippen LogP contribution in [0.2, 0.25) is 0 Å². The quantitative estimate of drug-likeness (QED) is 0.178. The van der Waals surface area contributed by atoms with Crippen LogP contribution in [0.3, 0.4) is 0 Å². The van der Waals surface area contributed by atoms with E-state index >= 15 is 0 Å². The molecule has 58 heavy (non-hydrogen) atoms. The summed E-state index contributed by atoms with van der Waals surface area (Å²) in [6.07, 6.45) is 0. The van der Waals surface area contributed by atoms with Gasteiger partial charge in [0.1, 0.15) is 11.2 Å². The van der Waals surface area contributed by atoms with Crippen LogP contribution in [0.15, 0.2) is 205 Å². The smallest absolute Gasteiger partial charge is 0.144 e. The Kier molecular flexibility index (Phi) is 6.56. The molecule has 2 aromatic heterocycles. The van der Waals surface area contributed by atoms with Crippen LogP contribution in [-0.2, 0) is 5.41 Å². The number of furan rings is 1. The fourth-order valence-corrected chi connectivity index (χ4v) is 11.5. The first-order chi connectivity index (χ1) is 28.8. The summed E-state index contributed by atoms with van der Waals surface area (Å²) in [4.78, 5) is 2.43. The van der Waals surface area contributed by atoms with Crippen molar-refractivity contribution in [2.24, 2.45) is 0 Å². The van der Waals surface area contributed by atoms with Gasteiger partial charge in [0, 0.05) is 48.0 Å². The molecule has 0 amide bonds. The van der Waals surface area contributed by atoms with E-state index in [4.69, 9.17) is 4.42 Å². The Bertz CT molecular complexity index is 3420. The van der Waals surface area contributed by atoms with Crippen molar-refractivity contribution in [1.29, 1.82) is 0 Å². The Morgan fingerprint density at radius 3 is 1.72 bits per heavy atom. The van der Waals surface area contributed by atoms with Crippen molar-refractivity contribution in [2.75, 3.05) is 4.90 Å². The molecule has 3 heteroatoms. The number of hydrogen-bond donors (Lipinski definition) is 0. The molecule has 0 saturated heterocycles. The number of thiophene rings is 1. The van der Waals surface area contributed by atoms with Crippen LogP contribution < -0.4 is 4.90 Å². The number of rotatable bonds is 4. The molecule has 0 saturated carbocycles. The average molecular weight is 756 g/mol. The molecule has 2 heterocycles. The third kappa shape index (κ3) is 4.21. The van der Waals surface area contributed by atoms with Crippen molar-refractivity contribution < 1.29 is 4.42 Å². The van der Waals surface area contributed by atoms with Gasteiger partial charge in [0.2, 0.25) is 0 Å². The van der Waals surface area contributed by atoms with Gasteiger partial charge in [-0.25, -0.2) is 0 Å². The van der Waals surface area contributed by atoms with Gasteiger partial charge in [0.05, 0.1) is 5.41 Å². The Labute approximate surface area is 339 Å². The van der Waals surface area contributed by atoms with Gasteiger partial charge in [-0.3, -0.25) is 0 Å². The van der Waals surface area contributed by atoms with E-state index in [-0.39, 0.29) is 0 Å². The zero-order valence-electron chi connectivity index (χ0n) is 31.3. The van der Waals surface area contributed by atoms with E-state index in [1.54, 1.807) is 0 Å². The molecule has 0 aliphatic heterocycles. The van der Waals surface area contributed by atoms with Crippen molar-refractivity contribution in [1.82, 2.24) is 0 Å². The maximum absolute atomic E-state index is 6.64. The van der Waals surface area contributed by atoms with Gasteiger partial charge in [-0.05, 0) is 116 Å². The number of benzene rings is 9. The second-order valence-corrected chi connectivity index (χ2v) is 16.6. The molecule has 1 spiro atoms. The van der Waals surface area contributed by atoms with E-state index in [2.05, 4.69) is 199 Å². The molecule has 0 atom stereocenters. The number of anilines is 3. The lowest BCUT2D eigenvalue weighted by Gasteiger charge is -2.32. The summed E-state index contributed by atoms with van der Waals surface area (Å²) in [7, 11) is 0. The SMILES string of the molecule is c1ccc(N(c2cccc(-c3cccc4sc5ccc6c7ccccc7oc6c5c34)c2)c2ccc3c(c2)C2(c4ccccc4-c4ccccc42)c2ccccc2-3)cc1. The topological polar surface area (TPSA) is 16.4 Å². The van der Waals surface area contributed by atoms with Crippen molar-refractivity contribution in [3.8, 4) is 33.4 Å². The Hall–Kier alpha value is -7.20. The summed E-state index contributed by atoms with van der Waals surface area (Å²) >= 11 is 1.83. The lowest BCUT2D eigenvalue weighted by atomic mass is 9.70. The molecule has 11 aromatic rings. The maximum Gasteiger partial charge on any atom is 0.144 e. The molecule has 0 radical (unpaired) electrons. The van der Waals surface area contributed by atoms with E-state index in [1.165, 1.54) is 75.8 Å². The summed E-state index contributed by atoms with van der Waals surface area (Å²) in [5.41, 5.74) is 17.8. The predicted molar refractivity (Wildman–Crippen MR) is 243 cm³/mol. The van der Waals surface area contributed by atoms with Gasteiger partial charge in [0.15, 0.2) is 0 Å². The van der Waals surface area contributed by atoms with Crippen LogP contribution >= 0.6 is 11.3 Å². The van der Waals surface area contributed by atoms with E-state index in [1.807, 2.05) is 17.4 Å². The predicted octanol–water partition coefficient (Wildman–Crippen LogP) is 15.4. The van der Waals surface area contributed by atoms with Gasteiger partial charge in [-0.1, -0.05) is 140 Å². The molecule has 0 bridgehead atoms. The largest absolute Gasteiger partial charge is 0.455 e. The first-order valence-corrected chi connectivity index (χ1v) is 20.7. The number of hydrogen-bond acceptors (Lipinski definition) is 3. The minimum Gasteiger partial charge on any atom is -0.455 e. The summed E-state index contributed by atoms with van der Waals surface area (Å²) < 4.78 is 9.13. The Morgan fingerprint density at radius 1 is 0.379 bits per heavy atom. The molecule has 270 valence electrons. The minimum atomic E-state index is -0.420. The van der Waals surface area contributed by atoms with Crippen molar-refractivity contribution >= 4 is 70.5 Å². The Balaban J connectivity index is 1.03. The zero-order chi connectivity index (χ0) is 38.0. The third-order valence-corrected chi connectivity index (χ3v) is 13.8. The highest BCUT2D eigenvalue weighted by atomic mass is 32.1. The Morgan fingerprint density at radius 2 is 0.966 bits per heavy atom. The second kappa shape index (κ2) is 11.9. The zero-order valence-corrected chi connectivity index (χ0v) is 32.1. The first-order valence-electron chi connectivity index (χ1n) is 19.9. The van der Waals surface area contributed by atoms with Gasteiger partial charge in [0.25, 0.3) is 0 Å². The summed E-state index contributed by atoms with van der Waals surface area (Å²) in [6, 6.07) is 73.7. The van der Waals surface area contributed by atoms with Crippen LogP contribution in [0, 0.1) is 0 Å². The van der Waals surface area contributed by atoms with E-state index < -0.39 is 5.41 Å². The molecule has 9 aromatic carbocycles. The molecule has 2 aliphatic rings. The monoisotopic (exact) mass is 755 g/mol. The molecular weight excluding hydrogens is 723 g/mol. The molecule has 2 aliphatic carbocycles. The number of nitrogens with zero attached hydrogens (tertiary/aromatic N) is 1. The minimum absolute atomic E-state index is 0.420. The fourth-order valence-electron chi connectivity index (χ4n) is 10.4.